The van der Waals surface area contributed by atoms with Gasteiger partial charge < -0.3 is 38.0 Å². The molecule has 11 heteroatoms. The van der Waals surface area contributed by atoms with Gasteiger partial charge in [0.15, 0.2) is 6.10 Å². The smallest absolute Gasteiger partial charge is 0.343 e. The number of hydrogen-bond acceptors (Lipinski definition) is 10. The number of phosphoric acid groups is 1. The normalized spacial score (nSPS) is 36.4. The van der Waals surface area contributed by atoms with Crippen LogP contribution in [0.3, 0.4) is 0 Å². The molecule has 2 fully saturated rings. The summed E-state index contributed by atoms with van der Waals surface area (Å²) < 4.78 is 44.8. The van der Waals surface area contributed by atoms with Gasteiger partial charge in [0.1, 0.15) is 11.7 Å². The summed E-state index contributed by atoms with van der Waals surface area (Å²) in [5, 5.41) is 9.90. The van der Waals surface area contributed by atoms with E-state index in [2.05, 4.69) is 0 Å². The van der Waals surface area contributed by atoms with Crippen LogP contribution in [-0.2, 0) is 37.4 Å². The van der Waals surface area contributed by atoms with Crippen molar-refractivity contribution in [3.63, 3.8) is 0 Å². The standard InChI is InChI=1S/C19H35O10P/c1-11(2)24-10-19(9-20)16(8-14(6)27-19)28-30(22,23)29-18(21)17-15(25-12(3)4)7-13(5)26-17/h11-17,20H,7-10H2,1-6H3,(H,22,23)/p-1/t13-,14-,15?,16+,17-,19+/m0/s1. The van der Waals surface area contributed by atoms with Gasteiger partial charge in [0.05, 0.1) is 43.7 Å². The van der Waals surface area contributed by atoms with Crippen molar-refractivity contribution in [1.82, 2.24) is 0 Å². The molecule has 0 aromatic rings. The summed E-state index contributed by atoms with van der Waals surface area (Å²) in [6.45, 7) is 10.1. The number of aliphatic hydroxyl groups excluding tert-OH is 1. The van der Waals surface area contributed by atoms with E-state index < -0.39 is 44.3 Å². The maximum Gasteiger partial charge on any atom is 0.343 e. The summed E-state index contributed by atoms with van der Waals surface area (Å²) in [6, 6.07) is 0. The zero-order valence-corrected chi connectivity index (χ0v) is 19.3. The Balaban J connectivity index is 2.07. The molecule has 0 spiro atoms. The Hall–Kier alpha value is -0.580. The van der Waals surface area contributed by atoms with Crippen LogP contribution in [-0.4, -0.2) is 72.6 Å². The van der Waals surface area contributed by atoms with Gasteiger partial charge >= 0.3 is 13.8 Å². The molecule has 2 saturated heterocycles. The Morgan fingerprint density at radius 2 is 1.87 bits per heavy atom. The summed E-state index contributed by atoms with van der Waals surface area (Å²) in [7, 11) is -5.08. The third kappa shape index (κ3) is 6.71. The molecular formula is C19H34O10P-. The number of carbonyl (C=O) groups is 1. The summed E-state index contributed by atoms with van der Waals surface area (Å²) in [6.07, 6.45) is -3.22. The van der Waals surface area contributed by atoms with E-state index >= 15 is 0 Å². The molecule has 1 N–H and O–H groups in total. The number of rotatable bonds is 10. The van der Waals surface area contributed by atoms with Gasteiger partial charge in [0.2, 0.25) is 0 Å². The highest BCUT2D eigenvalue weighted by atomic mass is 31.2. The molecule has 0 amide bonds. The quantitative estimate of drug-likeness (QED) is 0.483. The van der Waals surface area contributed by atoms with E-state index in [0.717, 1.165) is 0 Å². The number of aliphatic hydroxyl groups is 1. The monoisotopic (exact) mass is 453 g/mol. The molecule has 0 bridgehead atoms. The summed E-state index contributed by atoms with van der Waals surface area (Å²) in [5.74, 6) is -1.09. The topological polar surface area (TPSA) is 133 Å². The number of carbonyl (C=O) groups excluding carboxylic acids is 1. The van der Waals surface area contributed by atoms with Gasteiger partial charge in [-0.15, -0.1) is 0 Å². The number of ether oxygens (including phenoxy) is 4. The molecule has 2 unspecified atom stereocenters. The molecule has 2 heterocycles. The fourth-order valence-corrected chi connectivity index (χ4v) is 4.62. The van der Waals surface area contributed by atoms with E-state index in [4.69, 9.17) is 28.0 Å². The van der Waals surface area contributed by atoms with E-state index in [1.165, 1.54) is 0 Å². The van der Waals surface area contributed by atoms with Gasteiger partial charge in [-0.2, -0.15) is 0 Å². The molecule has 0 aromatic carbocycles. The lowest BCUT2D eigenvalue weighted by Crippen LogP contribution is -2.49. The van der Waals surface area contributed by atoms with Crippen LogP contribution in [0.4, 0.5) is 0 Å². The third-order valence-electron chi connectivity index (χ3n) is 4.92. The van der Waals surface area contributed by atoms with E-state index in [-0.39, 0.29) is 37.4 Å². The molecule has 30 heavy (non-hydrogen) atoms. The Bertz CT molecular complexity index is 626. The zero-order valence-electron chi connectivity index (χ0n) is 18.4. The average molecular weight is 453 g/mol. The van der Waals surface area contributed by atoms with E-state index in [1.807, 2.05) is 13.8 Å². The Labute approximate surface area is 177 Å². The van der Waals surface area contributed by atoms with Crippen molar-refractivity contribution in [2.45, 2.75) is 103 Å². The predicted molar refractivity (Wildman–Crippen MR) is 104 cm³/mol. The van der Waals surface area contributed by atoms with Crippen LogP contribution in [0.2, 0.25) is 0 Å². The second-order valence-corrected chi connectivity index (χ2v) is 9.81. The first-order chi connectivity index (χ1) is 13.9. The minimum absolute atomic E-state index is 0.0718. The highest BCUT2D eigenvalue weighted by molar-refractivity contribution is 7.46. The highest BCUT2D eigenvalue weighted by Gasteiger charge is 2.51. The fourth-order valence-electron chi connectivity index (χ4n) is 3.67. The van der Waals surface area contributed by atoms with Crippen LogP contribution in [0.5, 0.6) is 0 Å². The van der Waals surface area contributed by atoms with Crippen molar-refractivity contribution in [2.75, 3.05) is 13.2 Å². The fraction of sp³-hybridized carbons (Fsp3) is 0.947. The molecule has 0 radical (unpaired) electrons. The Kier molecular flexibility index (Phi) is 8.87. The van der Waals surface area contributed by atoms with Crippen LogP contribution < -0.4 is 4.89 Å². The van der Waals surface area contributed by atoms with Crippen molar-refractivity contribution in [3.8, 4) is 0 Å². The Morgan fingerprint density at radius 1 is 1.20 bits per heavy atom. The van der Waals surface area contributed by atoms with Gasteiger partial charge in [0.25, 0.3) is 0 Å². The maximum atomic E-state index is 12.5. The van der Waals surface area contributed by atoms with Crippen LogP contribution in [0, 0.1) is 0 Å². The van der Waals surface area contributed by atoms with Gasteiger partial charge in [-0.25, -0.2) is 4.79 Å². The van der Waals surface area contributed by atoms with Crippen LogP contribution in [0.15, 0.2) is 0 Å². The maximum absolute atomic E-state index is 12.5. The molecule has 2 aliphatic rings. The minimum atomic E-state index is -5.08. The lowest BCUT2D eigenvalue weighted by molar-refractivity contribution is -0.238. The van der Waals surface area contributed by atoms with Crippen molar-refractivity contribution in [1.29, 1.82) is 0 Å². The zero-order chi connectivity index (χ0) is 22.7. The van der Waals surface area contributed by atoms with Crippen LogP contribution in [0.25, 0.3) is 0 Å². The van der Waals surface area contributed by atoms with E-state index in [0.29, 0.717) is 6.42 Å². The highest BCUT2D eigenvalue weighted by Crippen LogP contribution is 2.47. The Morgan fingerprint density at radius 3 is 2.43 bits per heavy atom. The SMILES string of the molecule is CC(C)OC[C@@]1(CO)O[C@@H](C)C[C@H]1OP(=O)([O-])OC(=O)[C@H]1O[C@@H](C)CC1OC(C)C. The van der Waals surface area contributed by atoms with Crippen molar-refractivity contribution in [2.24, 2.45) is 0 Å². The molecule has 7 atom stereocenters. The average Bonchev–Trinajstić information content (AvgIpc) is 3.11. The summed E-state index contributed by atoms with van der Waals surface area (Å²) in [4.78, 5) is 25.0. The molecular weight excluding hydrogens is 419 g/mol. The molecule has 0 aliphatic carbocycles. The van der Waals surface area contributed by atoms with Crippen molar-refractivity contribution in [3.05, 3.63) is 0 Å². The number of hydrogen-bond donors (Lipinski definition) is 1. The minimum Gasteiger partial charge on any atom is -0.746 e. The molecule has 0 saturated carbocycles. The largest absolute Gasteiger partial charge is 0.746 e. The first-order valence-corrected chi connectivity index (χ1v) is 11.8. The predicted octanol–water partition coefficient (Wildman–Crippen LogP) is 1.32. The van der Waals surface area contributed by atoms with Gasteiger partial charge in [0, 0.05) is 12.8 Å². The summed E-state index contributed by atoms with van der Waals surface area (Å²) >= 11 is 0. The van der Waals surface area contributed by atoms with Crippen molar-refractivity contribution >= 4 is 13.8 Å². The van der Waals surface area contributed by atoms with Gasteiger partial charge in [-0.05, 0) is 41.5 Å². The molecule has 10 nitrogen and oxygen atoms in total. The molecule has 176 valence electrons. The third-order valence-corrected chi connectivity index (χ3v) is 5.83. The molecule has 2 rings (SSSR count). The lowest BCUT2D eigenvalue weighted by atomic mass is 9.98. The lowest BCUT2D eigenvalue weighted by Gasteiger charge is -2.36. The van der Waals surface area contributed by atoms with E-state index in [9.17, 15) is 19.4 Å². The first-order valence-electron chi connectivity index (χ1n) is 10.3. The molecule has 0 aromatic heterocycles. The van der Waals surface area contributed by atoms with E-state index in [1.54, 1.807) is 27.7 Å². The first kappa shape index (κ1) is 25.7. The van der Waals surface area contributed by atoms with Crippen LogP contribution in [0.1, 0.15) is 54.4 Å². The van der Waals surface area contributed by atoms with Gasteiger partial charge in [-0.1, -0.05) is 0 Å². The van der Waals surface area contributed by atoms with Crippen molar-refractivity contribution < 1.29 is 47.4 Å². The second kappa shape index (κ2) is 10.4. The second-order valence-electron chi connectivity index (χ2n) is 8.52. The van der Waals surface area contributed by atoms with Crippen LogP contribution >= 0.6 is 7.82 Å². The van der Waals surface area contributed by atoms with Gasteiger partial charge in [-0.3, -0.25) is 4.57 Å². The molecule has 2 aliphatic heterocycles. The number of phosphoric ester groups is 1. The summed E-state index contributed by atoms with van der Waals surface area (Å²) in [5.41, 5.74) is -1.38.